The summed E-state index contributed by atoms with van der Waals surface area (Å²) in [5.74, 6) is 0. The van der Waals surface area contributed by atoms with E-state index >= 15 is 0 Å². The zero-order valence-electron chi connectivity index (χ0n) is 9.09. The summed E-state index contributed by atoms with van der Waals surface area (Å²) in [4.78, 5) is 5.68. The van der Waals surface area contributed by atoms with Gasteiger partial charge in [-0.1, -0.05) is 6.92 Å². The molecule has 0 unspecified atom stereocenters. The fourth-order valence-electron chi connectivity index (χ4n) is 1.49. The van der Waals surface area contributed by atoms with Crippen molar-refractivity contribution in [2.24, 2.45) is 0 Å². The molecule has 0 bridgehead atoms. The van der Waals surface area contributed by atoms with Gasteiger partial charge in [-0.3, -0.25) is 4.90 Å². The van der Waals surface area contributed by atoms with Crippen LogP contribution in [-0.2, 0) is 6.54 Å². The van der Waals surface area contributed by atoms with Gasteiger partial charge in [-0.05, 0) is 39.4 Å². The molecule has 1 aromatic rings. The number of nitrogens with zero attached hydrogens (tertiary/aromatic N) is 1. The van der Waals surface area contributed by atoms with E-state index in [2.05, 4.69) is 43.6 Å². The zero-order valence-corrected chi connectivity index (χ0v) is 9.09. The van der Waals surface area contributed by atoms with Gasteiger partial charge in [0.25, 0.3) is 0 Å². The molecule has 13 heavy (non-hydrogen) atoms. The number of rotatable bonds is 3. The first-order chi connectivity index (χ1) is 6.04. The SMILES string of the molecule is CCN(Cc1ccc[nH]1)C(C)(C)C. The van der Waals surface area contributed by atoms with E-state index in [1.807, 2.05) is 12.3 Å². The highest BCUT2D eigenvalue weighted by Crippen LogP contribution is 2.15. The van der Waals surface area contributed by atoms with Crippen molar-refractivity contribution in [2.45, 2.75) is 39.8 Å². The van der Waals surface area contributed by atoms with Crippen LogP contribution in [0.1, 0.15) is 33.4 Å². The predicted octanol–water partition coefficient (Wildman–Crippen LogP) is 2.64. The fourth-order valence-corrected chi connectivity index (χ4v) is 1.49. The van der Waals surface area contributed by atoms with Crippen molar-refractivity contribution in [3.63, 3.8) is 0 Å². The summed E-state index contributed by atoms with van der Waals surface area (Å²) in [6, 6.07) is 4.18. The lowest BCUT2D eigenvalue weighted by atomic mass is 10.1. The second-order valence-electron chi connectivity index (χ2n) is 4.38. The topological polar surface area (TPSA) is 19.0 Å². The van der Waals surface area contributed by atoms with E-state index in [-0.39, 0.29) is 5.54 Å². The van der Waals surface area contributed by atoms with Crippen LogP contribution in [0.15, 0.2) is 18.3 Å². The molecular weight excluding hydrogens is 160 g/mol. The Labute approximate surface area is 81.0 Å². The van der Waals surface area contributed by atoms with Gasteiger partial charge < -0.3 is 4.98 Å². The fraction of sp³-hybridized carbons (Fsp3) is 0.636. The Morgan fingerprint density at radius 3 is 2.46 bits per heavy atom. The molecule has 0 saturated heterocycles. The molecule has 0 radical (unpaired) electrons. The van der Waals surface area contributed by atoms with Gasteiger partial charge in [-0.15, -0.1) is 0 Å². The van der Waals surface area contributed by atoms with Crippen molar-refractivity contribution in [1.82, 2.24) is 9.88 Å². The average molecular weight is 180 g/mol. The van der Waals surface area contributed by atoms with Crippen LogP contribution in [0.25, 0.3) is 0 Å². The number of H-pyrrole nitrogens is 1. The van der Waals surface area contributed by atoms with Gasteiger partial charge in [0.15, 0.2) is 0 Å². The Hall–Kier alpha value is -0.760. The van der Waals surface area contributed by atoms with Gasteiger partial charge in [0.1, 0.15) is 0 Å². The van der Waals surface area contributed by atoms with E-state index in [9.17, 15) is 0 Å². The molecule has 0 fully saturated rings. The molecule has 0 aliphatic carbocycles. The van der Waals surface area contributed by atoms with E-state index in [1.54, 1.807) is 0 Å². The molecule has 2 heteroatoms. The summed E-state index contributed by atoms with van der Waals surface area (Å²) in [6.07, 6.45) is 1.98. The molecule has 1 rings (SSSR count). The maximum atomic E-state index is 3.23. The molecule has 0 saturated carbocycles. The van der Waals surface area contributed by atoms with Gasteiger partial charge in [0.05, 0.1) is 0 Å². The largest absolute Gasteiger partial charge is 0.364 e. The lowest BCUT2D eigenvalue weighted by Gasteiger charge is -2.34. The summed E-state index contributed by atoms with van der Waals surface area (Å²) in [6.45, 7) is 11.0. The van der Waals surface area contributed by atoms with Crippen LogP contribution >= 0.6 is 0 Å². The molecule has 0 aliphatic heterocycles. The van der Waals surface area contributed by atoms with Crippen LogP contribution in [0, 0.1) is 0 Å². The molecule has 0 atom stereocenters. The first kappa shape index (κ1) is 10.3. The quantitative estimate of drug-likeness (QED) is 0.757. The maximum Gasteiger partial charge on any atom is 0.0390 e. The Balaban J connectivity index is 2.60. The molecule has 1 heterocycles. The Morgan fingerprint density at radius 2 is 2.08 bits per heavy atom. The average Bonchev–Trinajstić information content (AvgIpc) is 2.49. The summed E-state index contributed by atoms with van der Waals surface area (Å²) < 4.78 is 0. The standard InChI is InChI=1S/C11H20N2/c1-5-13(11(2,3)4)9-10-7-6-8-12-10/h6-8,12H,5,9H2,1-4H3. The molecule has 1 N–H and O–H groups in total. The van der Waals surface area contributed by atoms with E-state index in [4.69, 9.17) is 0 Å². The Bertz CT molecular complexity index is 231. The second kappa shape index (κ2) is 3.97. The minimum Gasteiger partial charge on any atom is -0.364 e. The summed E-state index contributed by atoms with van der Waals surface area (Å²) in [5.41, 5.74) is 1.54. The number of nitrogens with one attached hydrogen (secondary N) is 1. The van der Waals surface area contributed by atoms with Crippen molar-refractivity contribution >= 4 is 0 Å². The normalized spacial score (nSPS) is 12.4. The smallest absolute Gasteiger partial charge is 0.0390 e. The van der Waals surface area contributed by atoms with Crippen LogP contribution in [0.3, 0.4) is 0 Å². The zero-order chi connectivity index (χ0) is 9.90. The number of hydrogen-bond donors (Lipinski definition) is 1. The van der Waals surface area contributed by atoms with Crippen molar-refractivity contribution in [1.29, 1.82) is 0 Å². The van der Waals surface area contributed by atoms with Crippen molar-refractivity contribution in [2.75, 3.05) is 6.54 Å². The molecule has 0 amide bonds. The highest BCUT2D eigenvalue weighted by molar-refractivity contribution is 5.03. The monoisotopic (exact) mass is 180 g/mol. The molecule has 2 nitrogen and oxygen atoms in total. The Morgan fingerprint density at radius 1 is 1.38 bits per heavy atom. The minimum absolute atomic E-state index is 0.250. The third-order valence-corrected chi connectivity index (χ3v) is 2.35. The molecule has 0 aromatic carbocycles. The summed E-state index contributed by atoms with van der Waals surface area (Å²) in [7, 11) is 0. The number of hydrogen-bond acceptors (Lipinski definition) is 1. The van der Waals surface area contributed by atoms with Gasteiger partial charge in [-0.25, -0.2) is 0 Å². The maximum absolute atomic E-state index is 3.23. The third-order valence-electron chi connectivity index (χ3n) is 2.35. The molecular formula is C11H20N2. The summed E-state index contributed by atoms with van der Waals surface area (Å²) >= 11 is 0. The van der Waals surface area contributed by atoms with Crippen LogP contribution in [-0.4, -0.2) is 22.0 Å². The number of aromatic amines is 1. The first-order valence-corrected chi connectivity index (χ1v) is 4.91. The number of aromatic nitrogens is 1. The van der Waals surface area contributed by atoms with Gasteiger partial charge in [0, 0.05) is 24.0 Å². The van der Waals surface area contributed by atoms with Crippen molar-refractivity contribution in [3.05, 3.63) is 24.0 Å². The van der Waals surface area contributed by atoms with Gasteiger partial charge in [-0.2, -0.15) is 0 Å². The third kappa shape index (κ3) is 2.88. The molecule has 0 spiro atoms. The van der Waals surface area contributed by atoms with Crippen LogP contribution < -0.4 is 0 Å². The Kier molecular flexibility index (Phi) is 3.15. The predicted molar refractivity (Wildman–Crippen MR) is 56.6 cm³/mol. The van der Waals surface area contributed by atoms with Gasteiger partial charge in [0.2, 0.25) is 0 Å². The molecule has 1 aromatic heterocycles. The van der Waals surface area contributed by atoms with Crippen molar-refractivity contribution in [3.8, 4) is 0 Å². The van der Waals surface area contributed by atoms with Gasteiger partial charge >= 0.3 is 0 Å². The molecule has 74 valence electrons. The molecule has 0 aliphatic rings. The lowest BCUT2D eigenvalue weighted by Crippen LogP contribution is -2.40. The van der Waals surface area contributed by atoms with Crippen molar-refractivity contribution < 1.29 is 0 Å². The summed E-state index contributed by atoms with van der Waals surface area (Å²) in [5, 5.41) is 0. The van der Waals surface area contributed by atoms with E-state index < -0.39 is 0 Å². The van der Waals surface area contributed by atoms with Crippen LogP contribution in [0.2, 0.25) is 0 Å². The minimum atomic E-state index is 0.250. The first-order valence-electron chi connectivity index (χ1n) is 4.91. The highest BCUT2D eigenvalue weighted by Gasteiger charge is 2.19. The lowest BCUT2D eigenvalue weighted by molar-refractivity contribution is 0.134. The van der Waals surface area contributed by atoms with Crippen LogP contribution in [0.5, 0.6) is 0 Å². The van der Waals surface area contributed by atoms with E-state index in [0.29, 0.717) is 0 Å². The highest BCUT2D eigenvalue weighted by atomic mass is 15.2. The van der Waals surface area contributed by atoms with E-state index in [1.165, 1.54) is 5.69 Å². The second-order valence-corrected chi connectivity index (χ2v) is 4.38. The van der Waals surface area contributed by atoms with Crippen LogP contribution in [0.4, 0.5) is 0 Å². The van der Waals surface area contributed by atoms with E-state index in [0.717, 1.165) is 13.1 Å².